The van der Waals surface area contributed by atoms with Gasteiger partial charge in [-0.15, -0.1) is 0 Å². The fraction of sp³-hybridized carbons (Fsp3) is 0.889. The third kappa shape index (κ3) is 17.0. The van der Waals surface area contributed by atoms with Crippen molar-refractivity contribution in [2.24, 2.45) is 11.5 Å². The van der Waals surface area contributed by atoms with Crippen molar-refractivity contribution < 1.29 is 14.1 Å². The third-order valence-corrected chi connectivity index (χ3v) is 4.67. The number of hydrogen-bond donors (Lipinski definition) is 4. The minimum absolute atomic E-state index is 0.186. The maximum Gasteiger partial charge on any atom is 0.231 e. The monoisotopic (exact) mass is 405 g/mol. The van der Waals surface area contributed by atoms with Gasteiger partial charge in [0.1, 0.15) is 0 Å². The van der Waals surface area contributed by atoms with E-state index >= 15 is 0 Å². The van der Waals surface area contributed by atoms with Crippen LogP contribution >= 0.6 is 12.0 Å². The maximum atomic E-state index is 11.1. The maximum absolute atomic E-state index is 11.1. The summed E-state index contributed by atoms with van der Waals surface area (Å²) in [5, 5.41) is 2.89. The van der Waals surface area contributed by atoms with Gasteiger partial charge in [0.15, 0.2) is 0 Å². The molecule has 1 aliphatic rings. The van der Waals surface area contributed by atoms with E-state index in [-0.39, 0.29) is 11.8 Å². The molecule has 0 aromatic carbocycles. The van der Waals surface area contributed by atoms with Crippen molar-refractivity contribution in [1.29, 1.82) is 0 Å². The molecular weight excluding hydrogens is 366 g/mol. The van der Waals surface area contributed by atoms with Gasteiger partial charge in [-0.3, -0.25) is 19.4 Å². The molecule has 0 bridgehead atoms. The van der Waals surface area contributed by atoms with Crippen LogP contribution in [0.15, 0.2) is 0 Å². The van der Waals surface area contributed by atoms with E-state index in [0.717, 1.165) is 95.7 Å². The second-order valence-electron chi connectivity index (χ2n) is 6.72. The first-order valence-corrected chi connectivity index (χ1v) is 10.9. The molecular formula is C18H39N5O3S. The van der Waals surface area contributed by atoms with Crippen LogP contribution in [0.2, 0.25) is 0 Å². The molecule has 0 saturated carbocycles. The number of primary amides is 1. The van der Waals surface area contributed by atoms with Crippen LogP contribution in [0.25, 0.3) is 0 Å². The lowest BCUT2D eigenvalue weighted by Crippen LogP contribution is -2.49. The van der Waals surface area contributed by atoms with Crippen molar-refractivity contribution in [3.8, 4) is 0 Å². The zero-order chi connectivity index (χ0) is 20.3. The molecule has 1 heterocycles. The summed E-state index contributed by atoms with van der Waals surface area (Å²) in [6.07, 6.45) is 5.93. The Morgan fingerprint density at radius 1 is 1.07 bits per heavy atom. The van der Waals surface area contributed by atoms with E-state index in [1.54, 1.807) is 0 Å². The topological polar surface area (TPSA) is 125 Å². The van der Waals surface area contributed by atoms with Gasteiger partial charge < -0.3 is 21.3 Å². The number of nitrogens with two attached hydrogens (primary N) is 2. The molecule has 1 aliphatic heterocycles. The van der Waals surface area contributed by atoms with Gasteiger partial charge in [0.25, 0.3) is 0 Å². The number of unbranched alkanes of at least 4 members (excludes halogenated alkanes) is 3. The molecule has 27 heavy (non-hydrogen) atoms. The highest BCUT2D eigenvalue weighted by Gasteiger charge is 2.17. The van der Waals surface area contributed by atoms with Gasteiger partial charge in [0.2, 0.25) is 11.8 Å². The van der Waals surface area contributed by atoms with Crippen molar-refractivity contribution in [3.05, 3.63) is 0 Å². The highest BCUT2D eigenvalue weighted by atomic mass is 32.2. The van der Waals surface area contributed by atoms with E-state index in [4.69, 9.17) is 16.0 Å². The summed E-state index contributed by atoms with van der Waals surface area (Å²) in [4.78, 5) is 26.1. The largest absolute Gasteiger partial charge is 0.369 e. The normalized spacial score (nSPS) is 15.1. The predicted octanol–water partition coefficient (Wildman–Crippen LogP) is 0.717. The molecule has 8 nitrogen and oxygen atoms in total. The molecule has 0 radical (unpaired) electrons. The van der Waals surface area contributed by atoms with E-state index in [9.17, 15) is 9.59 Å². The van der Waals surface area contributed by atoms with Crippen molar-refractivity contribution >= 4 is 23.9 Å². The average molecular weight is 406 g/mol. The van der Waals surface area contributed by atoms with Gasteiger partial charge in [-0.25, -0.2) is 0 Å². The lowest BCUT2D eigenvalue weighted by molar-refractivity contribution is -0.121. The summed E-state index contributed by atoms with van der Waals surface area (Å²) in [7, 11) is 0. The Morgan fingerprint density at radius 3 is 2.30 bits per heavy atom. The third-order valence-electron chi connectivity index (χ3n) is 4.30. The second-order valence-corrected chi connectivity index (χ2v) is 7.39. The lowest BCUT2D eigenvalue weighted by Gasteiger charge is -2.33. The predicted molar refractivity (Wildman–Crippen MR) is 113 cm³/mol. The van der Waals surface area contributed by atoms with Crippen LogP contribution in [0, 0.1) is 0 Å². The summed E-state index contributed by atoms with van der Waals surface area (Å²) < 4.78 is 8.59. The standard InChI is InChI=1S/C10H22N2O.C8H17N3O2S/c1-2-3-9-12-10(13)7-5-4-6-8-11;9-8(12)7-11-3-1-10(2-4-11)5-6-14-13/h2-9,11H2,1H3,(H,12,13);13H,1-7H2,(H2,9,12). The van der Waals surface area contributed by atoms with Crippen LogP contribution in [0.5, 0.6) is 0 Å². The van der Waals surface area contributed by atoms with E-state index in [1.165, 1.54) is 0 Å². The van der Waals surface area contributed by atoms with Crippen LogP contribution < -0.4 is 16.8 Å². The lowest BCUT2D eigenvalue weighted by atomic mass is 10.2. The van der Waals surface area contributed by atoms with Gasteiger partial charge >= 0.3 is 0 Å². The summed E-state index contributed by atoms with van der Waals surface area (Å²) in [6, 6.07) is 0. The Labute approximate surface area is 168 Å². The first-order valence-electron chi connectivity index (χ1n) is 9.99. The number of hydrogen-bond acceptors (Lipinski definition) is 7. The van der Waals surface area contributed by atoms with Crippen molar-refractivity contribution in [1.82, 2.24) is 15.1 Å². The highest BCUT2D eigenvalue weighted by molar-refractivity contribution is 7.93. The molecule has 0 aromatic heterocycles. The molecule has 0 atom stereocenters. The molecule has 1 rings (SSSR count). The van der Waals surface area contributed by atoms with E-state index < -0.39 is 0 Å². The summed E-state index contributed by atoms with van der Waals surface area (Å²) in [6.45, 7) is 8.63. The molecule has 0 aromatic rings. The van der Waals surface area contributed by atoms with Gasteiger partial charge in [-0.2, -0.15) is 0 Å². The van der Waals surface area contributed by atoms with Crippen molar-refractivity contribution in [3.63, 3.8) is 0 Å². The van der Waals surface area contributed by atoms with Crippen LogP contribution in [0.1, 0.15) is 45.4 Å². The van der Waals surface area contributed by atoms with Crippen molar-refractivity contribution in [2.75, 3.05) is 58.1 Å². The summed E-state index contributed by atoms with van der Waals surface area (Å²) in [5.74, 6) is 0.672. The minimum atomic E-state index is -0.260. The van der Waals surface area contributed by atoms with Gasteiger partial charge in [0.05, 0.1) is 6.54 Å². The fourth-order valence-corrected chi connectivity index (χ4v) is 3.00. The van der Waals surface area contributed by atoms with Gasteiger partial charge in [-0.05, 0) is 37.8 Å². The Hall–Kier alpha value is -0.870. The number of nitrogens with zero attached hydrogens (tertiary/aromatic N) is 2. The minimum Gasteiger partial charge on any atom is -0.369 e. The molecule has 1 fully saturated rings. The van der Waals surface area contributed by atoms with Crippen molar-refractivity contribution in [2.45, 2.75) is 45.4 Å². The van der Waals surface area contributed by atoms with Gasteiger partial charge in [-0.1, -0.05) is 19.8 Å². The smallest absolute Gasteiger partial charge is 0.231 e. The zero-order valence-electron chi connectivity index (χ0n) is 16.8. The Bertz CT molecular complexity index is 380. The average Bonchev–Trinajstić information content (AvgIpc) is 2.65. The van der Waals surface area contributed by atoms with Crippen LogP contribution in [0.4, 0.5) is 0 Å². The molecule has 6 N–H and O–H groups in total. The molecule has 2 amide bonds. The number of nitrogens with one attached hydrogen (secondary N) is 1. The summed E-state index contributed by atoms with van der Waals surface area (Å²) in [5.41, 5.74) is 10.5. The molecule has 0 unspecified atom stereocenters. The number of amides is 2. The Kier molecular flexibility index (Phi) is 17.9. The fourth-order valence-electron chi connectivity index (χ4n) is 2.66. The summed E-state index contributed by atoms with van der Waals surface area (Å²) >= 11 is 0.877. The first kappa shape index (κ1) is 26.1. The van der Waals surface area contributed by atoms with Crippen LogP contribution in [-0.4, -0.2) is 84.3 Å². The number of rotatable bonds is 13. The molecule has 1 saturated heterocycles. The SMILES string of the molecule is CCCCNC(=O)CCCCCN.NC(=O)CN1CCN(CCSO)CC1. The van der Waals surface area contributed by atoms with E-state index in [0.29, 0.717) is 13.0 Å². The molecule has 9 heteroatoms. The zero-order valence-corrected chi connectivity index (χ0v) is 17.6. The highest BCUT2D eigenvalue weighted by Crippen LogP contribution is 2.02. The number of piperazine rings is 1. The Morgan fingerprint density at radius 2 is 1.74 bits per heavy atom. The molecule has 0 spiro atoms. The van der Waals surface area contributed by atoms with E-state index in [1.807, 2.05) is 0 Å². The second kappa shape index (κ2) is 18.5. The van der Waals surface area contributed by atoms with Crippen LogP contribution in [-0.2, 0) is 9.59 Å². The first-order chi connectivity index (χ1) is 13.0. The Balaban J connectivity index is 0.000000503. The number of carbonyl (C=O) groups excluding carboxylic acids is 2. The quantitative estimate of drug-likeness (QED) is 0.263. The molecule has 160 valence electrons. The van der Waals surface area contributed by atoms with Gasteiger partial charge in [0, 0.05) is 51.4 Å². The molecule has 0 aliphatic carbocycles. The van der Waals surface area contributed by atoms with E-state index in [2.05, 4.69) is 22.0 Å². The number of carbonyl (C=O) groups is 2. The van der Waals surface area contributed by atoms with Crippen LogP contribution in [0.3, 0.4) is 0 Å².